The van der Waals surface area contributed by atoms with Crippen molar-refractivity contribution in [3.8, 4) is 12.3 Å². The van der Waals surface area contributed by atoms with Gasteiger partial charge in [-0.2, -0.15) is 0 Å². The highest BCUT2D eigenvalue weighted by molar-refractivity contribution is 5.12. The minimum atomic E-state index is -1.23. The van der Waals surface area contributed by atoms with E-state index in [4.69, 9.17) is 11.5 Å². The lowest BCUT2D eigenvalue weighted by molar-refractivity contribution is -0.0465. The number of hydrogen-bond donors (Lipinski definition) is 2. The quantitative estimate of drug-likeness (QED) is 0.593. The van der Waals surface area contributed by atoms with Crippen LogP contribution in [0.25, 0.3) is 0 Å². The van der Waals surface area contributed by atoms with Gasteiger partial charge in [-0.3, -0.25) is 0 Å². The molecule has 0 aromatic carbocycles. The summed E-state index contributed by atoms with van der Waals surface area (Å²) >= 11 is 0. The zero-order valence-electron chi connectivity index (χ0n) is 7.39. The fraction of sp³-hybridized carbons (Fsp3) is 0.778. The lowest BCUT2D eigenvalue weighted by Gasteiger charge is -2.36. The Kier molecular flexibility index (Phi) is 3.10. The van der Waals surface area contributed by atoms with Gasteiger partial charge in [0, 0.05) is 5.41 Å². The first kappa shape index (κ1) is 10.5. The van der Waals surface area contributed by atoms with Gasteiger partial charge in [0.05, 0.1) is 6.61 Å². The maximum atomic E-state index is 9.65. The molecule has 11 heavy (non-hydrogen) atoms. The highest BCUT2D eigenvalue weighted by atomic mass is 16.3. The maximum absolute atomic E-state index is 9.65. The minimum Gasteiger partial charge on any atom is -0.396 e. The Labute approximate surface area is 68.2 Å². The molecule has 0 spiro atoms. The van der Waals surface area contributed by atoms with E-state index < -0.39 is 11.0 Å². The van der Waals surface area contributed by atoms with Crippen LogP contribution in [0, 0.1) is 17.8 Å². The molecule has 0 bridgehead atoms. The van der Waals surface area contributed by atoms with Gasteiger partial charge >= 0.3 is 0 Å². The second-order valence-corrected chi connectivity index (χ2v) is 3.29. The second-order valence-electron chi connectivity index (χ2n) is 3.29. The number of rotatable bonds is 3. The third-order valence-electron chi connectivity index (χ3n) is 2.59. The third-order valence-corrected chi connectivity index (χ3v) is 2.59. The van der Waals surface area contributed by atoms with Crippen LogP contribution in [0.2, 0.25) is 0 Å². The molecule has 0 heterocycles. The van der Waals surface area contributed by atoms with Crippen molar-refractivity contribution in [1.29, 1.82) is 0 Å². The summed E-state index contributed by atoms with van der Waals surface area (Å²) in [5.74, 6) is 2.28. The Bertz CT molecular complexity index is 161. The molecule has 0 rings (SSSR count). The van der Waals surface area contributed by atoms with Gasteiger partial charge in [0.25, 0.3) is 0 Å². The Morgan fingerprint density at radius 3 is 2.00 bits per heavy atom. The Hall–Kier alpha value is -0.520. The molecular formula is C9H16O2. The summed E-state index contributed by atoms with van der Waals surface area (Å²) in [4.78, 5) is 0. The van der Waals surface area contributed by atoms with Crippen LogP contribution in [0.3, 0.4) is 0 Å². The predicted octanol–water partition coefficient (Wildman–Crippen LogP) is 0.779. The normalized spacial score (nSPS) is 21.5. The minimum absolute atomic E-state index is 0.0965. The first-order valence-corrected chi connectivity index (χ1v) is 3.74. The molecule has 0 aliphatic rings. The summed E-state index contributed by atoms with van der Waals surface area (Å²) in [5.41, 5.74) is -1.82. The average Bonchev–Trinajstić information content (AvgIpc) is 2.02. The van der Waals surface area contributed by atoms with Crippen molar-refractivity contribution in [2.45, 2.75) is 32.8 Å². The van der Waals surface area contributed by atoms with Gasteiger partial charge in [-0.25, -0.2) is 0 Å². The van der Waals surface area contributed by atoms with E-state index in [2.05, 4.69) is 5.92 Å². The van der Waals surface area contributed by atoms with Crippen LogP contribution in [0.4, 0.5) is 0 Å². The molecule has 64 valence electrons. The Balaban J connectivity index is 4.65. The molecule has 0 saturated carbocycles. The molecule has 0 fully saturated rings. The van der Waals surface area contributed by atoms with Crippen molar-refractivity contribution >= 4 is 0 Å². The van der Waals surface area contributed by atoms with Gasteiger partial charge in [-0.15, -0.1) is 6.42 Å². The van der Waals surface area contributed by atoms with Crippen molar-refractivity contribution in [3.63, 3.8) is 0 Å². The van der Waals surface area contributed by atoms with Crippen LogP contribution in [0.1, 0.15) is 27.2 Å². The van der Waals surface area contributed by atoms with Crippen molar-refractivity contribution in [2.24, 2.45) is 5.41 Å². The summed E-state index contributed by atoms with van der Waals surface area (Å²) in [7, 11) is 0. The first-order chi connectivity index (χ1) is 4.93. The lowest BCUT2D eigenvalue weighted by atomic mass is 9.73. The summed E-state index contributed by atoms with van der Waals surface area (Å²) < 4.78 is 0. The van der Waals surface area contributed by atoms with Gasteiger partial charge in [0.15, 0.2) is 0 Å². The molecule has 0 saturated heterocycles. The average molecular weight is 156 g/mol. The molecule has 2 unspecified atom stereocenters. The molecule has 0 aliphatic heterocycles. The molecule has 2 N–H and O–H groups in total. The van der Waals surface area contributed by atoms with Crippen LogP contribution in [-0.4, -0.2) is 22.4 Å². The number of terminal acetylenes is 1. The maximum Gasteiger partial charge on any atom is 0.129 e. The van der Waals surface area contributed by atoms with Gasteiger partial charge in [-0.05, 0) is 13.3 Å². The smallest absolute Gasteiger partial charge is 0.129 e. The van der Waals surface area contributed by atoms with Gasteiger partial charge < -0.3 is 10.2 Å². The van der Waals surface area contributed by atoms with Crippen molar-refractivity contribution in [1.82, 2.24) is 0 Å². The molecule has 0 aromatic rings. The molecule has 2 nitrogen and oxygen atoms in total. The zero-order valence-corrected chi connectivity index (χ0v) is 7.39. The van der Waals surface area contributed by atoms with E-state index in [1.54, 1.807) is 13.8 Å². The van der Waals surface area contributed by atoms with E-state index in [9.17, 15) is 5.11 Å². The van der Waals surface area contributed by atoms with Crippen molar-refractivity contribution in [3.05, 3.63) is 0 Å². The van der Waals surface area contributed by atoms with E-state index in [1.807, 2.05) is 6.92 Å². The van der Waals surface area contributed by atoms with Crippen LogP contribution in [0.5, 0.6) is 0 Å². The molecule has 0 aliphatic carbocycles. The molecule has 0 amide bonds. The van der Waals surface area contributed by atoms with E-state index >= 15 is 0 Å². The number of hydrogen-bond acceptors (Lipinski definition) is 2. The van der Waals surface area contributed by atoms with Crippen LogP contribution >= 0.6 is 0 Å². The Morgan fingerprint density at radius 2 is 1.91 bits per heavy atom. The molecule has 0 aromatic heterocycles. The van der Waals surface area contributed by atoms with Crippen LogP contribution in [-0.2, 0) is 0 Å². The highest BCUT2D eigenvalue weighted by Gasteiger charge is 2.39. The standard InChI is InChI=1S/C9H16O2/c1-5-8(3,7-10)9(4,11)6-2/h2,10-11H,5,7H2,1,3-4H3. The number of aliphatic hydroxyl groups excluding tert-OH is 1. The first-order valence-electron chi connectivity index (χ1n) is 3.74. The fourth-order valence-electron chi connectivity index (χ4n) is 0.784. The van der Waals surface area contributed by atoms with E-state index in [-0.39, 0.29) is 6.61 Å². The SMILES string of the molecule is C#CC(C)(O)C(C)(CC)CO. The summed E-state index contributed by atoms with van der Waals surface area (Å²) in [6.07, 6.45) is 5.79. The summed E-state index contributed by atoms with van der Waals surface area (Å²) in [5, 5.41) is 18.6. The highest BCUT2D eigenvalue weighted by Crippen LogP contribution is 2.33. The zero-order chi connectivity index (χ0) is 9.12. The molecular weight excluding hydrogens is 140 g/mol. The van der Waals surface area contributed by atoms with E-state index in [0.29, 0.717) is 6.42 Å². The molecule has 0 radical (unpaired) electrons. The third kappa shape index (κ3) is 1.74. The van der Waals surface area contributed by atoms with E-state index in [0.717, 1.165) is 0 Å². The number of aliphatic hydroxyl groups is 2. The predicted molar refractivity (Wildman–Crippen MR) is 44.9 cm³/mol. The monoisotopic (exact) mass is 156 g/mol. The largest absolute Gasteiger partial charge is 0.396 e. The second kappa shape index (κ2) is 3.25. The Morgan fingerprint density at radius 1 is 1.45 bits per heavy atom. The topological polar surface area (TPSA) is 40.5 Å². The molecule has 2 heteroatoms. The van der Waals surface area contributed by atoms with Crippen LogP contribution in [0.15, 0.2) is 0 Å². The summed E-state index contributed by atoms with van der Waals surface area (Å²) in [6.45, 7) is 5.11. The van der Waals surface area contributed by atoms with Crippen molar-refractivity contribution < 1.29 is 10.2 Å². The van der Waals surface area contributed by atoms with Gasteiger partial charge in [0.1, 0.15) is 5.60 Å². The van der Waals surface area contributed by atoms with Gasteiger partial charge in [-0.1, -0.05) is 19.8 Å². The van der Waals surface area contributed by atoms with E-state index in [1.165, 1.54) is 0 Å². The lowest BCUT2D eigenvalue weighted by Crippen LogP contribution is -2.44. The van der Waals surface area contributed by atoms with Crippen LogP contribution < -0.4 is 0 Å². The van der Waals surface area contributed by atoms with Gasteiger partial charge in [0.2, 0.25) is 0 Å². The fourth-order valence-corrected chi connectivity index (χ4v) is 0.784. The van der Waals surface area contributed by atoms with Crippen molar-refractivity contribution in [2.75, 3.05) is 6.61 Å². The summed E-state index contributed by atoms with van der Waals surface area (Å²) in [6, 6.07) is 0. The molecule has 2 atom stereocenters.